The van der Waals surface area contributed by atoms with Gasteiger partial charge in [-0.15, -0.1) is 0 Å². The quantitative estimate of drug-likeness (QED) is 0.824. The van der Waals surface area contributed by atoms with Crippen LogP contribution in [0.5, 0.6) is 0 Å². The maximum absolute atomic E-state index is 10.3. The number of aromatic nitrogens is 2. The van der Waals surface area contributed by atoms with Crippen molar-refractivity contribution in [2.75, 3.05) is 39.8 Å². The summed E-state index contributed by atoms with van der Waals surface area (Å²) in [6.07, 6.45) is 1.56. The van der Waals surface area contributed by atoms with E-state index >= 15 is 0 Å². The highest BCUT2D eigenvalue weighted by Crippen LogP contribution is 2.18. The smallest absolute Gasteiger partial charge is 0.0959 e. The van der Waals surface area contributed by atoms with Gasteiger partial charge in [-0.1, -0.05) is 0 Å². The number of hydrogen-bond donors (Lipinski definition) is 2. The average Bonchev–Trinajstić information content (AvgIpc) is 2.90. The van der Waals surface area contributed by atoms with E-state index in [2.05, 4.69) is 48.2 Å². The molecule has 1 aromatic heterocycles. The molecule has 0 radical (unpaired) electrons. The van der Waals surface area contributed by atoms with E-state index in [0.29, 0.717) is 13.1 Å². The van der Waals surface area contributed by atoms with Gasteiger partial charge in [0.05, 0.1) is 42.7 Å². The van der Waals surface area contributed by atoms with Crippen molar-refractivity contribution in [1.82, 2.24) is 19.8 Å². The van der Waals surface area contributed by atoms with Gasteiger partial charge in [0.15, 0.2) is 0 Å². The Morgan fingerprint density at radius 3 is 2.96 bits per heavy atom. The van der Waals surface area contributed by atoms with E-state index in [0.717, 1.165) is 37.3 Å². The van der Waals surface area contributed by atoms with Crippen molar-refractivity contribution in [2.24, 2.45) is 0 Å². The molecular weight excluding hydrogens is 304 g/mol. The highest BCUT2D eigenvalue weighted by Gasteiger charge is 2.17. The molecule has 1 fully saturated rings. The molecule has 1 saturated heterocycles. The van der Waals surface area contributed by atoms with Gasteiger partial charge in [-0.25, -0.2) is 4.98 Å². The zero-order valence-electron chi connectivity index (χ0n) is 14.8. The van der Waals surface area contributed by atoms with Crippen LogP contribution in [-0.2, 0) is 11.3 Å². The number of nitrogens with zero attached hydrogens (tertiary/aromatic N) is 3. The van der Waals surface area contributed by atoms with Crippen LogP contribution in [-0.4, -0.2) is 71.6 Å². The maximum atomic E-state index is 10.3. The number of aryl methyl sites for hydroxylation is 2. The topological polar surface area (TPSA) is 62.5 Å². The van der Waals surface area contributed by atoms with Gasteiger partial charge in [-0.05, 0) is 44.2 Å². The minimum atomic E-state index is -0.453. The van der Waals surface area contributed by atoms with Crippen LogP contribution in [0.3, 0.4) is 0 Å². The second-order valence-corrected chi connectivity index (χ2v) is 6.89. The molecule has 0 saturated carbocycles. The minimum Gasteiger partial charge on any atom is -0.390 e. The van der Waals surface area contributed by atoms with Gasteiger partial charge in [0, 0.05) is 26.2 Å². The maximum Gasteiger partial charge on any atom is 0.0959 e. The number of ether oxygens (including phenoxy) is 1. The third-order valence-corrected chi connectivity index (χ3v) is 4.74. The molecule has 132 valence electrons. The second kappa shape index (κ2) is 7.61. The number of rotatable bonds is 6. The first kappa shape index (κ1) is 17.4. The Labute approximate surface area is 143 Å². The van der Waals surface area contributed by atoms with E-state index in [1.165, 1.54) is 11.1 Å². The highest BCUT2D eigenvalue weighted by atomic mass is 16.5. The van der Waals surface area contributed by atoms with Gasteiger partial charge in [-0.3, -0.25) is 0 Å². The molecule has 6 nitrogen and oxygen atoms in total. The molecule has 0 aliphatic carbocycles. The lowest BCUT2D eigenvalue weighted by atomic mass is 10.1. The first-order valence-electron chi connectivity index (χ1n) is 8.64. The molecule has 2 aromatic rings. The molecule has 2 heterocycles. The van der Waals surface area contributed by atoms with E-state index in [1.54, 1.807) is 0 Å². The minimum absolute atomic E-state index is 0.204. The molecule has 2 atom stereocenters. The zero-order chi connectivity index (χ0) is 17.1. The van der Waals surface area contributed by atoms with Crippen molar-refractivity contribution in [3.8, 4) is 0 Å². The number of imidazole rings is 1. The summed E-state index contributed by atoms with van der Waals surface area (Å²) in [7, 11) is 2.11. The van der Waals surface area contributed by atoms with E-state index < -0.39 is 6.10 Å². The molecule has 1 aliphatic rings. The van der Waals surface area contributed by atoms with Crippen molar-refractivity contribution in [1.29, 1.82) is 0 Å². The molecule has 0 unspecified atom stereocenters. The predicted octanol–water partition coefficient (Wildman–Crippen LogP) is 0.934. The predicted molar refractivity (Wildman–Crippen MR) is 95.3 cm³/mol. The normalized spacial score (nSPS) is 20.6. The average molecular weight is 332 g/mol. The summed E-state index contributed by atoms with van der Waals surface area (Å²) in [5.41, 5.74) is 4.55. The molecule has 0 bridgehead atoms. The van der Waals surface area contributed by atoms with Crippen LogP contribution in [0.25, 0.3) is 11.0 Å². The summed E-state index contributed by atoms with van der Waals surface area (Å²) in [5, 5.41) is 13.6. The Balaban J connectivity index is 1.51. The van der Waals surface area contributed by atoms with Crippen molar-refractivity contribution in [3.05, 3.63) is 29.6 Å². The standard InChI is InChI=1S/C18H28N4O2/c1-13-6-17-18(7-14(13)2)22(12-20-17)10-15(23)8-19-9-16-11-21(3)4-5-24-16/h6-7,12,15-16,19,23H,4-5,8-11H2,1-3H3/t15-,16+/m1/s1. The first-order valence-corrected chi connectivity index (χ1v) is 8.64. The summed E-state index contributed by atoms with van der Waals surface area (Å²) in [4.78, 5) is 6.71. The Hall–Kier alpha value is -1.47. The van der Waals surface area contributed by atoms with Gasteiger partial charge in [0.25, 0.3) is 0 Å². The Morgan fingerprint density at radius 2 is 2.17 bits per heavy atom. The van der Waals surface area contributed by atoms with Crippen LogP contribution in [0.2, 0.25) is 0 Å². The van der Waals surface area contributed by atoms with Crippen LogP contribution in [0.15, 0.2) is 18.5 Å². The number of morpholine rings is 1. The van der Waals surface area contributed by atoms with Gasteiger partial charge in [-0.2, -0.15) is 0 Å². The van der Waals surface area contributed by atoms with Crippen molar-refractivity contribution in [2.45, 2.75) is 32.6 Å². The molecule has 1 aromatic carbocycles. The molecule has 6 heteroatoms. The molecule has 2 N–H and O–H groups in total. The fourth-order valence-electron chi connectivity index (χ4n) is 3.15. The lowest BCUT2D eigenvalue weighted by Gasteiger charge is -2.30. The van der Waals surface area contributed by atoms with Crippen LogP contribution >= 0.6 is 0 Å². The summed E-state index contributed by atoms with van der Waals surface area (Å²) in [5.74, 6) is 0. The fraction of sp³-hybridized carbons (Fsp3) is 0.611. The lowest BCUT2D eigenvalue weighted by molar-refractivity contribution is -0.0192. The number of aliphatic hydroxyl groups excluding tert-OH is 1. The Kier molecular flexibility index (Phi) is 5.50. The van der Waals surface area contributed by atoms with E-state index in [4.69, 9.17) is 4.74 Å². The summed E-state index contributed by atoms with van der Waals surface area (Å²) in [6.45, 7) is 8.77. The van der Waals surface area contributed by atoms with E-state index in [9.17, 15) is 5.11 Å². The molecule has 24 heavy (non-hydrogen) atoms. The van der Waals surface area contributed by atoms with Gasteiger partial charge >= 0.3 is 0 Å². The van der Waals surface area contributed by atoms with E-state index in [-0.39, 0.29) is 6.10 Å². The molecule has 0 spiro atoms. The van der Waals surface area contributed by atoms with Crippen LogP contribution < -0.4 is 5.32 Å². The fourth-order valence-corrected chi connectivity index (χ4v) is 3.15. The third-order valence-electron chi connectivity index (χ3n) is 4.74. The summed E-state index contributed by atoms with van der Waals surface area (Å²) >= 11 is 0. The van der Waals surface area contributed by atoms with Crippen LogP contribution in [0, 0.1) is 13.8 Å². The number of likely N-dealkylation sites (N-methyl/N-ethyl adjacent to an activating group) is 1. The van der Waals surface area contributed by atoms with E-state index in [1.807, 2.05) is 10.9 Å². The molecule has 1 aliphatic heterocycles. The van der Waals surface area contributed by atoms with Crippen molar-refractivity contribution in [3.63, 3.8) is 0 Å². The summed E-state index contributed by atoms with van der Waals surface area (Å²) in [6, 6.07) is 4.24. The monoisotopic (exact) mass is 332 g/mol. The van der Waals surface area contributed by atoms with Crippen LogP contribution in [0.4, 0.5) is 0 Å². The van der Waals surface area contributed by atoms with Gasteiger partial charge in [0.1, 0.15) is 0 Å². The molecule has 0 amide bonds. The second-order valence-electron chi connectivity index (χ2n) is 6.89. The first-order chi connectivity index (χ1) is 11.5. The Bertz CT molecular complexity index is 685. The van der Waals surface area contributed by atoms with Gasteiger partial charge < -0.3 is 24.6 Å². The summed E-state index contributed by atoms with van der Waals surface area (Å²) < 4.78 is 7.74. The lowest BCUT2D eigenvalue weighted by Crippen LogP contribution is -2.46. The highest BCUT2D eigenvalue weighted by molar-refractivity contribution is 5.77. The number of aliphatic hydroxyl groups is 1. The van der Waals surface area contributed by atoms with Gasteiger partial charge in [0.2, 0.25) is 0 Å². The molecule has 3 rings (SSSR count). The van der Waals surface area contributed by atoms with Crippen molar-refractivity contribution < 1.29 is 9.84 Å². The van der Waals surface area contributed by atoms with Crippen molar-refractivity contribution >= 4 is 11.0 Å². The zero-order valence-corrected chi connectivity index (χ0v) is 14.8. The number of hydrogen-bond acceptors (Lipinski definition) is 5. The Morgan fingerprint density at radius 1 is 1.38 bits per heavy atom. The number of nitrogens with one attached hydrogen (secondary N) is 1. The number of fused-ring (bicyclic) bond motifs is 1. The largest absolute Gasteiger partial charge is 0.390 e. The third kappa shape index (κ3) is 4.13. The SMILES string of the molecule is Cc1cc2ncn(C[C@H](O)CNC[C@H]3CN(C)CCO3)c2cc1C. The number of benzene rings is 1. The molecular formula is C18H28N4O2. The van der Waals surface area contributed by atoms with Crippen LogP contribution in [0.1, 0.15) is 11.1 Å².